The van der Waals surface area contributed by atoms with Crippen molar-refractivity contribution in [3.05, 3.63) is 0 Å². The molecule has 7 unspecified atom stereocenters. The van der Waals surface area contributed by atoms with Crippen molar-refractivity contribution in [3.8, 4) is 0 Å². The number of hydrogen-bond donors (Lipinski definition) is 0. The first-order valence-electron chi connectivity index (χ1n) is 11.4. The third-order valence-electron chi connectivity index (χ3n) is 9.55. The molecule has 144 valence electrons. The van der Waals surface area contributed by atoms with E-state index in [-0.39, 0.29) is 0 Å². The van der Waals surface area contributed by atoms with E-state index >= 15 is 0 Å². The number of aldehydes is 1. The molecule has 0 bridgehead atoms. The molecule has 1 nitrogen and oxygen atoms in total. The lowest BCUT2D eigenvalue weighted by molar-refractivity contribution is -0.108. The molecule has 3 saturated carbocycles. The summed E-state index contributed by atoms with van der Waals surface area (Å²) in [4.78, 5) is 10.7. The number of rotatable bonds is 6. The average Bonchev–Trinajstić information content (AvgIpc) is 2.93. The summed E-state index contributed by atoms with van der Waals surface area (Å²) in [7, 11) is 0. The molecule has 0 N–H and O–H groups in total. The molecule has 3 fully saturated rings. The molecule has 1 heteroatoms. The quantitative estimate of drug-likeness (QED) is 0.372. The molecular weight excluding hydrogens is 304 g/mol. The van der Waals surface area contributed by atoms with Gasteiger partial charge in [0.2, 0.25) is 0 Å². The van der Waals surface area contributed by atoms with E-state index in [0.717, 1.165) is 48.7 Å². The first-order chi connectivity index (χ1) is 12.0. The average molecular weight is 347 g/mol. The molecule has 0 heterocycles. The topological polar surface area (TPSA) is 17.1 Å². The summed E-state index contributed by atoms with van der Waals surface area (Å²) in [5, 5.41) is 0. The minimum atomic E-state index is 0.564. The standard InChI is InChI=1S/C24H42O/c1-5-20-21-13-12-19(11-7-9-17-25)24(21,4)16-14-22(20)23(3)15-8-6-10-18(23)2/h17-22H,5-16H2,1-4H3. The SMILES string of the molecule is CCC1C(C2(C)CCCCC2C)CCC2(C)C(CCCC=O)CCC12. The van der Waals surface area contributed by atoms with Crippen molar-refractivity contribution in [2.24, 2.45) is 40.4 Å². The van der Waals surface area contributed by atoms with Crippen LogP contribution in [0.3, 0.4) is 0 Å². The molecule has 25 heavy (non-hydrogen) atoms. The Hall–Kier alpha value is -0.330. The number of unbranched alkanes of at least 4 members (excludes halogenated alkanes) is 1. The summed E-state index contributed by atoms with van der Waals surface area (Å²) >= 11 is 0. The van der Waals surface area contributed by atoms with Gasteiger partial charge >= 0.3 is 0 Å². The second kappa shape index (κ2) is 7.73. The van der Waals surface area contributed by atoms with Gasteiger partial charge in [-0.05, 0) is 85.4 Å². The molecule has 0 aromatic rings. The van der Waals surface area contributed by atoms with Crippen molar-refractivity contribution in [3.63, 3.8) is 0 Å². The zero-order chi connectivity index (χ0) is 18.1. The van der Waals surface area contributed by atoms with Crippen molar-refractivity contribution in [1.82, 2.24) is 0 Å². The van der Waals surface area contributed by atoms with Crippen LogP contribution in [0.4, 0.5) is 0 Å². The predicted octanol–water partition coefficient (Wildman–Crippen LogP) is 7.04. The van der Waals surface area contributed by atoms with Gasteiger partial charge in [0.15, 0.2) is 0 Å². The molecule has 0 amide bonds. The van der Waals surface area contributed by atoms with Crippen LogP contribution in [0, 0.1) is 40.4 Å². The van der Waals surface area contributed by atoms with Crippen LogP contribution in [0.2, 0.25) is 0 Å². The van der Waals surface area contributed by atoms with Crippen LogP contribution < -0.4 is 0 Å². The first-order valence-corrected chi connectivity index (χ1v) is 11.4. The Morgan fingerprint density at radius 3 is 2.40 bits per heavy atom. The Kier molecular flexibility index (Phi) is 6.01. The maximum Gasteiger partial charge on any atom is 0.119 e. The third-order valence-corrected chi connectivity index (χ3v) is 9.55. The third kappa shape index (κ3) is 3.34. The molecule has 0 aliphatic heterocycles. The summed E-state index contributed by atoms with van der Waals surface area (Å²) in [5.41, 5.74) is 1.16. The summed E-state index contributed by atoms with van der Waals surface area (Å²) in [6.07, 6.45) is 17.3. The molecule has 0 saturated heterocycles. The Labute approximate surface area is 156 Å². The number of fused-ring (bicyclic) bond motifs is 1. The van der Waals surface area contributed by atoms with Crippen LogP contribution in [0.5, 0.6) is 0 Å². The highest BCUT2D eigenvalue weighted by atomic mass is 16.1. The van der Waals surface area contributed by atoms with E-state index in [1.54, 1.807) is 0 Å². The van der Waals surface area contributed by atoms with Gasteiger partial charge in [-0.2, -0.15) is 0 Å². The fourth-order valence-corrected chi connectivity index (χ4v) is 7.79. The van der Waals surface area contributed by atoms with E-state index in [4.69, 9.17) is 0 Å². The van der Waals surface area contributed by atoms with E-state index in [1.165, 1.54) is 64.2 Å². The highest BCUT2D eigenvalue weighted by Gasteiger charge is 2.56. The lowest BCUT2D eigenvalue weighted by Gasteiger charge is -2.56. The summed E-state index contributed by atoms with van der Waals surface area (Å²) in [6, 6.07) is 0. The van der Waals surface area contributed by atoms with Crippen molar-refractivity contribution >= 4 is 6.29 Å². The monoisotopic (exact) mass is 346 g/mol. The van der Waals surface area contributed by atoms with Crippen LogP contribution in [0.25, 0.3) is 0 Å². The Bertz CT molecular complexity index is 457. The van der Waals surface area contributed by atoms with E-state index in [1.807, 2.05) is 0 Å². The summed E-state index contributed by atoms with van der Waals surface area (Å²) < 4.78 is 0. The zero-order valence-corrected chi connectivity index (χ0v) is 17.4. The lowest BCUT2D eigenvalue weighted by Crippen LogP contribution is -2.49. The fraction of sp³-hybridized carbons (Fsp3) is 0.958. The van der Waals surface area contributed by atoms with Crippen LogP contribution in [0.15, 0.2) is 0 Å². The van der Waals surface area contributed by atoms with Gasteiger partial charge in [-0.1, -0.05) is 53.4 Å². The van der Waals surface area contributed by atoms with Crippen LogP contribution in [-0.2, 0) is 4.79 Å². The van der Waals surface area contributed by atoms with Gasteiger partial charge in [0.25, 0.3) is 0 Å². The second-order valence-corrected chi connectivity index (χ2v) is 10.4. The highest BCUT2D eigenvalue weighted by molar-refractivity contribution is 5.48. The normalized spacial score (nSPS) is 47.4. The van der Waals surface area contributed by atoms with Crippen molar-refractivity contribution in [2.45, 2.75) is 105 Å². The highest BCUT2D eigenvalue weighted by Crippen LogP contribution is 2.65. The molecule has 7 atom stereocenters. The maximum absolute atomic E-state index is 10.7. The molecular formula is C24H42O. The lowest BCUT2D eigenvalue weighted by atomic mass is 9.48. The molecule has 0 spiro atoms. The van der Waals surface area contributed by atoms with Crippen LogP contribution in [-0.4, -0.2) is 6.29 Å². The fourth-order valence-electron chi connectivity index (χ4n) is 7.79. The molecule has 3 rings (SSSR count). The zero-order valence-electron chi connectivity index (χ0n) is 17.4. The number of carbonyl (C=O) groups is 1. The van der Waals surface area contributed by atoms with E-state index in [9.17, 15) is 4.79 Å². The Morgan fingerprint density at radius 2 is 1.72 bits per heavy atom. The molecule has 3 aliphatic carbocycles. The van der Waals surface area contributed by atoms with Crippen molar-refractivity contribution in [1.29, 1.82) is 0 Å². The Balaban J connectivity index is 1.77. The first kappa shape index (κ1) is 19.4. The van der Waals surface area contributed by atoms with Gasteiger partial charge in [-0.15, -0.1) is 0 Å². The minimum absolute atomic E-state index is 0.564. The number of hydrogen-bond acceptors (Lipinski definition) is 1. The van der Waals surface area contributed by atoms with Crippen LogP contribution >= 0.6 is 0 Å². The molecule has 3 aliphatic rings. The second-order valence-electron chi connectivity index (χ2n) is 10.4. The smallest absolute Gasteiger partial charge is 0.119 e. The van der Waals surface area contributed by atoms with E-state index in [0.29, 0.717) is 10.8 Å². The van der Waals surface area contributed by atoms with Gasteiger partial charge < -0.3 is 4.79 Å². The van der Waals surface area contributed by atoms with Crippen LogP contribution in [0.1, 0.15) is 105 Å². The van der Waals surface area contributed by atoms with Gasteiger partial charge in [-0.3, -0.25) is 0 Å². The van der Waals surface area contributed by atoms with Gasteiger partial charge in [0.05, 0.1) is 0 Å². The van der Waals surface area contributed by atoms with Crippen molar-refractivity contribution < 1.29 is 4.79 Å². The molecule has 0 aromatic carbocycles. The Morgan fingerprint density at radius 1 is 0.960 bits per heavy atom. The molecule has 0 aromatic heterocycles. The van der Waals surface area contributed by atoms with E-state index < -0.39 is 0 Å². The minimum Gasteiger partial charge on any atom is -0.303 e. The van der Waals surface area contributed by atoms with Gasteiger partial charge in [0.1, 0.15) is 6.29 Å². The predicted molar refractivity (Wildman–Crippen MR) is 106 cm³/mol. The number of carbonyl (C=O) groups excluding carboxylic acids is 1. The molecule has 0 radical (unpaired) electrons. The largest absolute Gasteiger partial charge is 0.303 e. The summed E-state index contributed by atoms with van der Waals surface area (Å²) in [6.45, 7) is 10.3. The van der Waals surface area contributed by atoms with E-state index in [2.05, 4.69) is 27.7 Å². The van der Waals surface area contributed by atoms with Gasteiger partial charge in [-0.25, -0.2) is 0 Å². The van der Waals surface area contributed by atoms with Crippen molar-refractivity contribution in [2.75, 3.05) is 0 Å². The summed E-state index contributed by atoms with van der Waals surface area (Å²) in [5.74, 6) is 4.64. The maximum atomic E-state index is 10.7. The van der Waals surface area contributed by atoms with Gasteiger partial charge in [0, 0.05) is 6.42 Å².